The summed E-state index contributed by atoms with van der Waals surface area (Å²) in [6.45, 7) is 5.45. The molecular formula is C22H31NO10. The van der Waals surface area contributed by atoms with Crippen LogP contribution in [0.4, 0.5) is 9.59 Å². The van der Waals surface area contributed by atoms with Gasteiger partial charge < -0.3 is 34.2 Å². The van der Waals surface area contributed by atoms with Crippen LogP contribution in [0.3, 0.4) is 0 Å². The van der Waals surface area contributed by atoms with Gasteiger partial charge in [0.1, 0.15) is 5.54 Å². The molecule has 11 nitrogen and oxygen atoms in total. The van der Waals surface area contributed by atoms with E-state index < -0.39 is 29.8 Å². The molecule has 0 fully saturated rings. The van der Waals surface area contributed by atoms with E-state index in [9.17, 15) is 19.2 Å². The van der Waals surface area contributed by atoms with Crippen molar-refractivity contribution in [3.8, 4) is 11.5 Å². The van der Waals surface area contributed by atoms with Gasteiger partial charge in [-0.15, -0.1) is 0 Å². The van der Waals surface area contributed by atoms with Crippen molar-refractivity contribution in [1.29, 1.82) is 0 Å². The first-order valence-electron chi connectivity index (χ1n) is 10.2. The maximum Gasteiger partial charge on any atom is 0.513 e. The van der Waals surface area contributed by atoms with E-state index in [0.29, 0.717) is 5.56 Å². The van der Waals surface area contributed by atoms with Crippen LogP contribution in [0.1, 0.15) is 32.8 Å². The summed E-state index contributed by atoms with van der Waals surface area (Å²) < 4.78 is 29.0. The zero-order valence-electron chi connectivity index (χ0n) is 19.7. The maximum absolute atomic E-state index is 12.4. The second-order valence-electron chi connectivity index (χ2n) is 7.67. The molecule has 0 aliphatic carbocycles. The Morgan fingerprint density at radius 1 is 0.909 bits per heavy atom. The van der Waals surface area contributed by atoms with E-state index in [-0.39, 0.29) is 42.8 Å². The number of benzene rings is 1. The Morgan fingerprint density at radius 2 is 1.48 bits per heavy atom. The fourth-order valence-electron chi connectivity index (χ4n) is 2.66. The summed E-state index contributed by atoms with van der Waals surface area (Å²) in [5.74, 6) is -1.60. The van der Waals surface area contributed by atoms with E-state index in [4.69, 9.17) is 24.7 Å². The number of esters is 2. The zero-order valence-corrected chi connectivity index (χ0v) is 19.7. The van der Waals surface area contributed by atoms with Crippen LogP contribution >= 0.6 is 0 Å². The quantitative estimate of drug-likeness (QED) is 0.306. The van der Waals surface area contributed by atoms with Gasteiger partial charge >= 0.3 is 24.2 Å². The first kappa shape index (κ1) is 27.7. The van der Waals surface area contributed by atoms with E-state index in [2.05, 4.69) is 9.47 Å². The van der Waals surface area contributed by atoms with Gasteiger partial charge in [-0.2, -0.15) is 0 Å². The fraction of sp³-hybridized carbons (Fsp3) is 0.545. The SMILES string of the molecule is COC(=O)Oc1ccc(C[C@](N)(CCOC(=O)C(C)C(C)C)C(=O)OC)cc1OC(=O)OC. The third kappa shape index (κ3) is 8.26. The molecule has 1 aromatic rings. The number of carbonyl (C=O) groups is 4. The number of hydrogen-bond donors (Lipinski definition) is 1. The molecule has 0 heterocycles. The van der Waals surface area contributed by atoms with Gasteiger partial charge in [0, 0.05) is 12.8 Å². The standard InChI is InChI=1S/C22H31NO10/c1-13(2)14(3)18(24)31-10-9-22(23,19(25)28-4)12-15-7-8-16(32-20(26)29-5)17(11-15)33-21(27)30-6/h7-8,11,13-14H,9-10,12,23H2,1-6H3/t14?,22-/m1/s1. The number of carbonyl (C=O) groups excluding carboxylic acids is 4. The van der Waals surface area contributed by atoms with Crippen LogP contribution in [-0.2, 0) is 35.0 Å². The second kappa shape index (κ2) is 12.6. The zero-order chi connectivity index (χ0) is 25.2. The predicted molar refractivity (Wildman–Crippen MR) is 115 cm³/mol. The molecule has 2 atom stereocenters. The predicted octanol–water partition coefficient (Wildman–Crippen LogP) is 2.62. The third-order valence-corrected chi connectivity index (χ3v) is 5.00. The van der Waals surface area contributed by atoms with Gasteiger partial charge in [0.15, 0.2) is 11.5 Å². The van der Waals surface area contributed by atoms with Gasteiger partial charge in [-0.25, -0.2) is 9.59 Å². The largest absolute Gasteiger partial charge is 0.513 e. The molecule has 0 aliphatic rings. The molecule has 0 radical (unpaired) electrons. The van der Waals surface area contributed by atoms with Crippen molar-refractivity contribution < 1.29 is 47.6 Å². The lowest BCUT2D eigenvalue weighted by Gasteiger charge is -2.27. The topological polar surface area (TPSA) is 150 Å². The fourth-order valence-corrected chi connectivity index (χ4v) is 2.66. The van der Waals surface area contributed by atoms with Crippen molar-refractivity contribution in [3.63, 3.8) is 0 Å². The first-order valence-corrected chi connectivity index (χ1v) is 10.2. The van der Waals surface area contributed by atoms with E-state index in [1.807, 2.05) is 13.8 Å². The van der Waals surface area contributed by atoms with Gasteiger partial charge in [-0.05, 0) is 23.6 Å². The minimum atomic E-state index is -1.55. The van der Waals surface area contributed by atoms with Gasteiger partial charge in [-0.1, -0.05) is 26.8 Å². The first-order chi connectivity index (χ1) is 15.5. The van der Waals surface area contributed by atoms with Crippen LogP contribution in [0.2, 0.25) is 0 Å². The van der Waals surface area contributed by atoms with Crippen molar-refractivity contribution in [2.75, 3.05) is 27.9 Å². The van der Waals surface area contributed by atoms with Crippen LogP contribution in [0.5, 0.6) is 11.5 Å². The number of rotatable bonds is 10. The molecule has 0 aromatic heterocycles. The molecule has 0 bridgehead atoms. The monoisotopic (exact) mass is 469 g/mol. The van der Waals surface area contributed by atoms with Crippen LogP contribution in [-0.4, -0.2) is 57.7 Å². The Labute approximate surface area is 192 Å². The van der Waals surface area contributed by atoms with Crippen molar-refractivity contribution in [2.45, 2.75) is 39.2 Å². The highest BCUT2D eigenvalue weighted by atomic mass is 16.7. The van der Waals surface area contributed by atoms with Crippen LogP contribution < -0.4 is 15.2 Å². The van der Waals surface area contributed by atoms with Gasteiger partial charge in [-0.3, -0.25) is 9.59 Å². The number of hydrogen-bond acceptors (Lipinski definition) is 11. The highest BCUT2D eigenvalue weighted by molar-refractivity contribution is 5.81. The second-order valence-corrected chi connectivity index (χ2v) is 7.67. The molecule has 0 aliphatic heterocycles. The average Bonchev–Trinajstić information content (AvgIpc) is 2.78. The van der Waals surface area contributed by atoms with E-state index in [1.165, 1.54) is 25.3 Å². The van der Waals surface area contributed by atoms with Crippen molar-refractivity contribution in [3.05, 3.63) is 23.8 Å². The Hall–Kier alpha value is -3.34. The Morgan fingerprint density at radius 3 is 2.00 bits per heavy atom. The minimum Gasteiger partial charge on any atom is -0.468 e. The van der Waals surface area contributed by atoms with Crippen molar-refractivity contribution >= 4 is 24.2 Å². The summed E-state index contributed by atoms with van der Waals surface area (Å²) in [6.07, 6.45) is -2.17. The van der Waals surface area contributed by atoms with Crippen molar-refractivity contribution in [1.82, 2.24) is 0 Å². The van der Waals surface area contributed by atoms with Gasteiger partial charge in [0.25, 0.3) is 0 Å². The summed E-state index contributed by atoms with van der Waals surface area (Å²) in [5.41, 5.74) is 5.21. The van der Waals surface area contributed by atoms with Gasteiger partial charge in [0.2, 0.25) is 0 Å². The molecule has 33 heavy (non-hydrogen) atoms. The summed E-state index contributed by atoms with van der Waals surface area (Å²) in [6, 6.07) is 4.21. The van der Waals surface area contributed by atoms with Crippen LogP contribution in [0.15, 0.2) is 18.2 Å². The molecule has 0 amide bonds. The van der Waals surface area contributed by atoms with Crippen LogP contribution in [0, 0.1) is 11.8 Å². The van der Waals surface area contributed by atoms with E-state index in [0.717, 1.165) is 14.2 Å². The molecule has 184 valence electrons. The Bertz CT molecular complexity index is 854. The number of ether oxygens (including phenoxy) is 6. The summed E-state index contributed by atoms with van der Waals surface area (Å²) in [5, 5.41) is 0. The molecule has 1 aromatic carbocycles. The van der Waals surface area contributed by atoms with E-state index >= 15 is 0 Å². The Kier molecular flexibility index (Phi) is 10.6. The molecule has 2 N–H and O–H groups in total. The molecule has 0 saturated heterocycles. The molecule has 0 saturated carbocycles. The van der Waals surface area contributed by atoms with Crippen molar-refractivity contribution in [2.24, 2.45) is 17.6 Å². The molecule has 11 heteroatoms. The summed E-state index contributed by atoms with van der Waals surface area (Å²) in [7, 11) is 3.41. The lowest BCUT2D eigenvalue weighted by Crippen LogP contribution is -2.51. The van der Waals surface area contributed by atoms with Gasteiger partial charge in [0.05, 0.1) is 33.9 Å². The number of methoxy groups -OCH3 is 3. The molecule has 1 unspecified atom stereocenters. The summed E-state index contributed by atoms with van der Waals surface area (Å²) in [4.78, 5) is 47.6. The lowest BCUT2D eigenvalue weighted by atomic mass is 9.88. The lowest BCUT2D eigenvalue weighted by molar-refractivity contribution is -0.153. The molecule has 0 spiro atoms. The average molecular weight is 469 g/mol. The third-order valence-electron chi connectivity index (χ3n) is 5.00. The minimum absolute atomic E-state index is 0.0240. The number of nitrogens with two attached hydrogens (primary N) is 1. The molecular weight excluding hydrogens is 438 g/mol. The highest BCUT2D eigenvalue weighted by Crippen LogP contribution is 2.31. The highest BCUT2D eigenvalue weighted by Gasteiger charge is 2.36. The normalized spacial score (nSPS) is 13.3. The van der Waals surface area contributed by atoms with Crippen LogP contribution in [0.25, 0.3) is 0 Å². The summed E-state index contributed by atoms with van der Waals surface area (Å²) >= 11 is 0. The smallest absolute Gasteiger partial charge is 0.468 e. The Balaban J connectivity index is 3.10. The van der Waals surface area contributed by atoms with E-state index in [1.54, 1.807) is 6.92 Å². The molecule has 1 rings (SSSR count). The maximum atomic E-state index is 12.4.